The van der Waals surface area contributed by atoms with Gasteiger partial charge in [-0.05, 0) is 38.1 Å². The van der Waals surface area contributed by atoms with Gasteiger partial charge in [0.1, 0.15) is 11.5 Å². The van der Waals surface area contributed by atoms with Crippen molar-refractivity contribution in [3.8, 4) is 11.5 Å². The Balaban J connectivity index is 2.06. The Bertz CT molecular complexity index is 839. The van der Waals surface area contributed by atoms with Gasteiger partial charge in [0.2, 0.25) is 0 Å². The zero-order valence-corrected chi connectivity index (χ0v) is 15.6. The highest BCUT2D eigenvalue weighted by atomic mass is 16.5. The van der Waals surface area contributed by atoms with Crippen LogP contribution in [0, 0.1) is 0 Å². The Morgan fingerprint density at radius 1 is 0.926 bits per heavy atom. The number of esters is 1. The summed E-state index contributed by atoms with van der Waals surface area (Å²) >= 11 is 0. The van der Waals surface area contributed by atoms with E-state index in [0.717, 1.165) is 0 Å². The molecule has 0 aliphatic heterocycles. The van der Waals surface area contributed by atoms with Crippen LogP contribution >= 0.6 is 0 Å². The smallest absolute Gasteiger partial charge is 0.339 e. The van der Waals surface area contributed by atoms with Crippen LogP contribution in [0.15, 0.2) is 42.5 Å². The van der Waals surface area contributed by atoms with E-state index in [1.54, 1.807) is 30.3 Å². The number of methoxy groups -OCH3 is 2. The summed E-state index contributed by atoms with van der Waals surface area (Å²) in [4.78, 5) is 36.0. The molecule has 0 bridgehead atoms. The second kappa shape index (κ2) is 8.84. The maximum Gasteiger partial charge on any atom is 0.339 e. The number of hydrogen-bond donors (Lipinski definition) is 1. The van der Waals surface area contributed by atoms with Crippen LogP contribution in [0.5, 0.6) is 11.5 Å². The second-order valence-corrected chi connectivity index (χ2v) is 5.78. The number of nitrogens with one attached hydrogen (secondary N) is 1. The van der Waals surface area contributed by atoms with Gasteiger partial charge in [0, 0.05) is 17.3 Å². The monoisotopic (exact) mass is 371 g/mol. The molecule has 0 saturated carbocycles. The fourth-order valence-corrected chi connectivity index (χ4v) is 2.27. The van der Waals surface area contributed by atoms with E-state index in [4.69, 9.17) is 14.2 Å². The summed E-state index contributed by atoms with van der Waals surface area (Å²) in [5.74, 6) is -0.456. The highest BCUT2D eigenvalue weighted by Crippen LogP contribution is 2.23. The Labute approximate surface area is 157 Å². The second-order valence-electron chi connectivity index (χ2n) is 5.78. The summed E-state index contributed by atoms with van der Waals surface area (Å²) in [5, 5.41) is 2.62. The van der Waals surface area contributed by atoms with E-state index in [-0.39, 0.29) is 11.3 Å². The molecule has 0 aromatic heterocycles. The van der Waals surface area contributed by atoms with Crippen LogP contribution in [0.4, 0.5) is 5.69 Å². The quantitative estimate of drug-likeness (QED) is 0.594. The minimum atomic E-state index is -1.05. The standard InChI is InChI=1S/C20H21NO6/c1-12(22)14-6-5-7-16(8-14)21-19(23)13(2)27-20(24)15-9-17(25-3)11-18(10-15)26-4/h5-11,13H,1-4H3,(H,21,23)/t13-/m1/s1. The molecule has 0 aliphatic rings. The number of anilines is 1. The number of hydrogen-bond acceptors (Lipinski definition) is 6. The number of ether oxygens (including phenoxy) is 3. The Morgan fingerprint density at radius 3 is 2.11 bits per heavy atom. The van der Waals surface area contributed by atoms with Gasteiger partial charge in [-0.25, -0.2) is 4.79 Å². The molecule has 0 spiro atoms. The molecule has 1 atom stereocenters. The number of benzene rings is 2. The molecule has 0 radical (unpaired) electrons. The highest BCUT2D eigenvalue weighted by Gasteiger charge is 2.20. The molecule has 0 saturated heterocycles. The fourth-order valence-electron chi connectivity index (χ4n) is 2.27. The Morgan fingerprint density at radius 2 is 1.56 bits per heavy atom. The van der Waals surface area contributed by atoms with Crippen molar-refractivity contribution in [2.75, 3.05) is 19.5 Å². The first-order chi connectivity index (χ1) is 12.8. The van der Waals surface area contributed by atoms with Crippen molar-refractivity contribution in [2.24, 2.45) is 0 Å². The van der Waals surface area contributed by atoms with E-state index in [1.165, 1.54) is 40.2 Å². The normalized spacial score (nSPS) is 11.3. The molecule has 0 heterocycles. The number of ketones is 1. The minimum absolute atomic E-state index is 0.113. The maximum absolute atomic E-state index is 12.3. The van der Waals surface area contributed by atoms with Gasteiger partial charge in [0.05, 0.1) is 19.8 Å². The van der Waals surface area contributed by atoms with Crippen LogP contribution in [0.25, 0.3) is 0 Å². The van der Waals surface area contributed by atoms with Gasteiger partial charge < -0.3 is 19.5 Å². The fraction of sp³-hybridized carbons (Fsp3) is 0.250. The van der Waals surface area contributed by atoms with Gasteiger partial charge in [-0.2, -0.15) is 0 Å². The van der Waals surface area contributed by atoms with E-state index in [0.29, 0.717) is 22.7 Å². The minimum Gasteiger partial charge on any atom is -0.497 e. The van der Waals surface area contributed by atoms with Gasteiger partial charge in [0.25, 0.3) is 5.91 Å². The number of carbonyl (C=O) groups excluding carboxylic acids is 3. The summed E-state index contributed by atoms with van der Waals surface area (Å²) in [5.41, 5.74) is 1.11. The average molecular weight is 371 g/mol. The number of rotatable bonds is 7. The zero-order valence-electron chi connectivity index (χ0n) is 15.6. The van der Waals surface area contributed by atoms with E-state index in [9.17, 15) is 14.4 Å². The maximum atomic E-state index is 12.3. The lowest BCUT2D eigenvalue weighted by Crippen LogP contribution is -2.30. The van der Waals surface area contributed by atoms with Crippen LogP contribution in [0.1, 0.15) is 34.6 Å². The van der Waals surface area contributed by atoms with Crippen molar-refractivity contribution in [3.63, 3.8) is 0 Å². The van der Waals surface area contributed by atoms with Gasteiger partial charge in [-0.1, -0.05) is 12.1 Å². The van der Waals surface area contributed by atoms with Gasteiger partial charge in [-0.15, -0.1) is 0 Å². The lowest BCUT2D eigenvalue weighted by Gasteiger charge is -2.14. The predicted molar refractivity (Wildman–Crippen MR) is 99.5 cm³/mol. The third kappa shape index (κ3) is 5.31. The Kier molecular flexibility index (Phi) is 6.54. The van der Waals surface area contributed by atoms with Crippen LogP contribution in [-0.4, -0.2) is 38.0 Å². The SMILES string of the molecule is COc1cc(OC)cc(C(=O)O[C@H](C)C(=O)Nc2cccc(C(C)=O)c2)c1. The van der Waals surface area contributed by atoms with E-state index < -0.39 is 18.0 Å². The van der Waals surface area contributed by atoms with Crippen molar-refractivity contribution in [1.29, 1.82) is 0 Å². The molecule has 0 unspecified atom stereocenters. The average Bonchev–Trinajstić information content (AvgIpc) is 2.67. The molecule has 1 N–H and O–H groups in total. The molecule has 2 rings (SSSR count). The molecule has 1 amide bonds. The van der Waals surface area contributed by atoms with Crippen molar-refractivity contribution in [2.45, 2.75) is 20.0 Å². The first-order valence-corrected chi connectivity index (χ1v) is 8.20. The molecule has 0 fully saturated rings. The third-order valence-corrected chi connectivity index (χ3v) is 3.78. The summed E-state index contributed by atoms with van der Waals surface area (Å²) in [6.07, 6.45) is -1.05. The summed E-state index contributed by atoms with van der Waals surface area (Å²) < 4.78 is 15.4. The third-order valence-electron chi connectivity index (χ3n) is 3.78. The predicted octanol–water partition coefficient (Wildman–Crippen LogP) is 3.09. The first-order valence-electron chi connectivity index (χ1n) is 8.20. The van der Waals surface area contributed by atoms with E-state index >= 15 is 0 Å². The summed E-state index contributed by atoms with van der Waals surface area (Å²) in [6.45, 7) is 2.90. The number of amides is 1. The lowest BCUT2D eigenvalue weighted by molar-refractivity contribution is -0.123. The van der Waals surface area contributed by atoms with Gasteiger partial charge in [-0.3, -0.25) is 9.59 Å². The van der Waals surface area contributed by atoms with Gasteiger partial charge >= 0.3 is 5.97 Å². The van der Waals surface area contributed by atoms with Crippen LogP contribution in [-0.2, 0) is 9.53 Å². The molecule has 142 valence electrons. The Hall–Kier alpha value is -3.35. The molecule has 2 aromatic rings. The summed E-state index contributed by atoms with van der Waals surface area (Å²) in [6, 6.07) is 11.1. The molecular weight excluding hydrogens is 350 g/mol. The highest BCUT2D eigenvalue weighted by molar-refractivity contribution is 5.99. The van der Waals surface area contributed by atoms with Crippen molar-refractivity contribution in [1.82, 2.24) is 0 Å². The topological polar surface area (TPSA) is 90.9 Å². The van der Waals surface area contributed by atoms with E-state index in [2.05, 4.69) is 5.32 Å². The number of carbonyl (C=O) groups is 3. The molecule has 0 aliphatic carbocycles. The van der Waals surface area contributed by atoms with Crippen molar-refractivity contribution >= 4 is 23.3 Å². The number of Topliss-reactive ketones (excluding diaryl/α,β-unsaturated/α-hetero) is 1. The van der Waals surface area contributed by atoms with Crippen LogP contribution < -0.4 is 14.8 Å². The molecule has 7 nitrogen and oxygen atoms in total. The lowest BCUT2D eigenvalue weighted by atomic mass is 10.1. The molecule has 2 aromatic carbocycles. The first kappa shape index (κ1) is 20.0. The largest absolute Gasteiger partial charge is 0.497 e. The van der Waals surface area contributed by atoms with Crippen molar-refractivity contribution < 1.29 is 28.6 Å². The molecule has 7 heteroatoms. The summed E-state index contributed by atoms with van der Waals surface area (Å²) in [7, 11) is 2.93. The van der Waals surface area contributed by atoms with Crippen LogP contribution in [0.2, 0.25) is 0 Å². The van der Waals surface area contributed by atoms with Gasteiger partial charge in [0.15, 0.2) is 11.9 Å². The zero-order chi connectivity index (χ0) is 20.0. The van der Waals surface area contributed by atoms with Crippen molar-refractivity contribution in [3.05, 3.63) is 53.6 Å². The van der Waals surface area contributed by atoms with E-state index in [1.807, 2.05) is 0 Å². The van der Waals surface area contributed by atoms with Crippen LogP contribution in [0.3, 0.4) is 0 Å². The molecule has 27 heavy (non-hydrogen) atoms. The molecular formula is C20H21NO6.